The van der Waals surface area contributed by atoms with Gasteiger partial charge in [-0.1, -0.05) is 6.07 Å². The average Bonchev–Trinajstić information content (AvgIpc) is 2.00. The van der Waals surface area contributed by atoms with Gasteiger partial charge in [0.2, 0.25) is 0 Å². The summed E-state index contributed by atoms with van der Waals surface area (Å²) in [6.07, 6.45) is -10.9. The normalized spacial score (nSPS) is 12.7. The standard InChI is InChI=1S/C8H5F5OS/c9-7(10,11)8(12,13)14-5-2-1-3-6(15)4-5/h1-4,15H. The predicted molar refractivity (Wildman–Crippen MR) is 45.3 cm³/mol. The SMILES string of the molecule is FC(F)(F)C(F)(F)Oc1cccc(S)c1. The summed E-state index contributed by atoms with van der Waals surface area (Å²) in [6, 6.07) is 4.62. The summed E-state index contributed by atoms with van der Waals surface area (Å²) in [7, 11) is 0. The third-order valence-electron chi connectivity index (χ3n) is 1.39. The molecule has 15 heavy (non-hydrogen) atoms. The maximum atomic E-state index is 12.4. The molecule has 1 rings (SSSR count). The van der Waals surface area contributed by atoms with Crippen molar-refractivity contribution in [1.82, 2.24) is 0 Å². The molecular formula is C8H5F5OS. The predicted octanol–water partition coefficient (Wildman–Crippen LogP) is 3.51. The van der Waals surface area contributed by atoms with E-state index in [1.54, 1.807) is 0 Å². The molecular weight excluding hydrogens is 239 g/mol. The van der Waals surface area contributed by atoms with E-state index in [1.165, 1.54) is 12.1 Å². The lowest BCUT2D eigenvalue weighted by atomic mass is 10.3. The van der Waals surface area contributed by atoms with Crippen molar-refractivity contribution in [3.05, 3.63) is 24.3 Å². The highest BCUT2D eigenvalue weighted by atomic mass is 32.1. The number of benzene rings is 1. The highest BCUT2D eigenvalue weighted by Crippen LogP contribution is 2.37. The number of thiol groups is 1. The van der Waals surface area contributed by atoms with E-state index in [-0.39, 0.29) is 4.90 Å². The molecule has 0 radical (unpaired) electrons. The van der Waals surface area contributed by atoms with Crippen LogP contribution in [0.2, 0.25) is 0 Å². The number of alkyl halides is 5. The molecule has 0 unspecified atom stereocenters. The van der Waals surface area contributed by atoms with E-state index in [0.717, 1.165) is 12.1 Å². The molecule has 0 bridgehead atoms. The Kier molecular flexibility index (Phi) is 3.13. The fourth-order valence-electron chi connectivity index (χ4n) is 0.753. The lowest BCUT2D eigenvalue weighted by Gasteiger charge is -2.20. The first kappa shape index (κ1) is 12.1. The van der Waals surface area contributed by atoms with Gasteiger partial charge in [0.05, 0.1) is 0 Å². The number of rotatable bonds is 2. The Morgan fingerprint density at radius 2 is 1.67 bits per heavy atom. The van der Waals surface area contributed by atoms with Crippen LogP contribution in [0.5, 0.6) is 5.75 Å². The lowest BCUT2D eigenvalue weighted by Crippen LogP contribution is -2.41. The van der Waals surface area contributed by atoms with E-state index >= 15 is 0 Å². The molecule has 1 aromatic rings. The molecule has 0 amide bonds. The molecule has 0 atom stereocenters. The van der Waals surface area contributed by atoms with Gasteiger partial charge in [-0.15, -0.1) is 12.6 Å². The first-order valence-corrected chi connectivity index (χ1v) is 4.10. The Balaban J connectivity index is 2.87. The molecule has 0 fully saturated rings. The highest BCUT2D eigenvalue weighted by molar-refractivity contribution is 7.80. The molecule has 0 N–H and O–H groups in total. The zero-order chi connectivity index (χ0) is 11.7. The minimum absolute atomic E-state index is 0.227. The fourth-order valence-corrected chi connectivity index (χ4v) is 0.966. The van der Waals surface area contributed by atoms with Crippen molar-refractivity contribution in [2.75, 3.05) is 0 Å². The van der Waals surface area contributed by atoms with Crippen LogP contribution in [-0.4, -0.2) is 12.3 Å². The van der Waals surface area contributed by atoms with Crippen LogP contribution in [0, 0.1) is 0 Å². The smallest absolute Gasteiger partial charge is 0.426 e. The largest absolute Gasteiger partial charge is 0.499 e. The van der Waals surface area contributed by atoms with Crippen molar-refractivity contribution < 1.29 is 26.7 Å². The Hall–Kier alpha value is -0.980. The van der Waals surface area contributed by atoms with Gasteiger partial charge in [0, 0.05) is 4.90 Å². The van der Waals surface area contributed by atoms with Crippen molar-refractivity contribution in [1.29, 1.82) is 0 Å². The first-order valence-electron chi connectivity index (χ1n) is 3.65. The van der Waals surface area contributed by atoms with Gasteiger partial charge in [0.1, 0.15) is 5.75 Å². The fraction of sp³-hybridized carbons (Fsp3) is 0.250. The monoisotopic (exact) mass is 244 g/mol. The number of hydrogen-bond donors (Lipinski definition) is 1. The number of halogens is 5. The van der Waals surface area contributed by atoms with Gasteiger partial charge >= 0.3 is 12.3 Å². The second-order valence-electron chi connectivity index (χ2n) is 2.61. The van der Waals surface area contributed by atoms with Crippen LogP contribution in [-0.2, 0) is 0 Å². The van der Waals surface area contributed by atoms with E-state index in [0.29, 0.717) is 0 Å². The van der Waals surface area contributed by atoms with Crippen molar-refractivity contribution in [2.24, 2.45) is 0 Å². The minimum Gasteiger partial charge on any atom is -0.426 e. The third-order valence-corrected chi connectivity index (χ3v) is 1.67. The molecule has 1 nitrogen and oxygen atoms in total. The zero-order valence-corrected chi connectivity index (χ0v) is 7.95. The lowest BCUT2D eigenvalue weighted by molar-refractivity contribution is -0.360. The van der Waals surface area contributed by atoms with Crippen molar-refractivity contribution in [3.8, 4) is 5.75 Å². The maximum Gasteiger partial charge on any atom is 0.499 e. The Bertz CT molecular complexity index is 349. The van der Waals surface area contributed by atoms with Gasteiger partial charge < -0.3 is 4.74 Å². The Labute approximate surface area is 87.3 Å². The van der Waals surface area contributed by atoms with Crippen molar-refractivity contribution in [3.63, 3.8) is 0 Å². The quantitative estimate of drug-likeness (QED) is 0.618. The molecule has 0 aliphatic rings. The summed E-state index contributed by atoms with van der Waals surface area (Å²) >= 11 is 3.77. The van der Waals surface area contributed by atoms with E-state index in [2.05, 4.69) is 17.4 Å². The summed E-state index contributed by atoms with van der Waals surface area (Å²) < 4.78 is 63.5. The number of hydrogen-bond acceptors (Lipinski definition) is 2. The van der Waals surface area contributed by atoms with Crippen LogP contribution >= 0.6 is 12.6 Å². The van der Waals surface area contributed by atoms with Gasteiger partial charge in [-0.2, -0.15) is 22.0 Å². The maximum absolute atomic E-state index is 12.4. The van der Waals surface area contributed by atoms with E-state index in [9.17, 15) is 22.0 Å². The van der Waals surface area contributed by atoms with Gasteiger partial charge in [0.15, 0.2) is 0 Å². The van der Waals surface area contributed by atoms with Gasteiger partial charge in [-0.3, -0.25) is 0 Å². The Morgan fingerprint density at radius 1 is 1.07 bits per heavy atom. The molecule has 0 spiro atoms. The first-order chi connectivity index (χ1) is 6.72. The molecule has 0 saturated heterocycles. The summed E-state index contributed by atoms with van der Waals surface area (Å²) in [4.78, 5) is 0.227. The van der Waals surface area contributed by atoms with E-state index < -0.39 is 18.0 Å². The molecule has 84 valence electrons. The van der Waals surface area contributed by atoms with E-state index in [4.69, 9.17) is 0 Å². The molecule has 7 heteroatoms. The highest BCUT2D eigenvalue weighted by Gasteiger charge is 2.61. The third kappa shape index (κ3) is 2.98. The molecule has 0 aliphatic heterocycles. The van der Waals surface area contributed by atoms with Crippen molar-refractivity contribution in [2.45, 2.75) is 17.2 Å². The minimum atomic E-state index is -5.74. The summed E-state index contributed by atoms with van der Waals surface area (Å²) in [5.74, 6) is -0.593. The molecule has 0 heterocycles. The van der Waals surface area contributed by atoms with Gasteiger partial charge in [-0.25, -0.2) is 0 Å². The average molecular weight is 244 g/mol. The molecule has 1 aromatic carbocycles. The summed E-state index contributed by atoms with van der Waals surface area (Å²) in [5, 5.41) is 0. The molecule has 0 saturated carbocycles. The number of ether oxygens (including phenoxy) is 1. The van der Waals surface area contributed by atoms with Crippen molar-refractivity contribution >= 4 is 12.6 Å². The van der Waals surface area contributed by atoms with Crippen LogP contribution in [0.15, 0.2) is 29.2 Å². The van der Waals surface area contributed by atoms with Gasteiger partial charge in [0.25, 0.3) is 0 Å². The van der Waals surface area contributed by atoms with Crippen LogP contribution in [0.1, 0.15) is 0 Å². The summed E-state index contributed by atoms with van der Waals surface area (Å²) in [5.41, 5.74) is 0. The molecule has 0 aromatic heterocycles. The second-order valence-corrected chi connectivity index (χ2v) is 3.13. The second kappa shape index (κ2) is 3.88. The van der Waals surface area contributed by atoms with Crippen LogP contribution in [0.3, 0.4) is 0 Å². The summed E-state index contributed by atoms with van der Waals surface area (Å²) in [6.45, 7) is 0. The topological polar surface area (TPSA) is 9.23 Å². The van der Waals surface area contributed by atoms with Crippen LogP contribution in [0.4, 0.5) is 22.0 Å². The zero-order valence-electron chi connectivity index (χ0n) is 7.05. The Morgan fingerprint density at radius 3 is 2.13 bits per heavy atom. The van der Waals surface area contributed by atoms with Crippen LogP contribution in [0.25, 0.3) is 0 Å². The van der Waals surface area contributed by atoms with E-state index in [1.807, 2.05) is 0 Å². The van der Waals surface area contributed by atoms with Gasteiger partial charge in [-0.05, 0) is 18.2 Å². The van der Waals surface area contributed by atoms with Crippen LogP contribution < -0.4 is 4.74 Å². The molecule has 0 aliphatic carbocycles.